The molecule has 96 valence electrons. The van der Waals surface area contributed by atoms with E-state index in [4.69, 9.17) is 10.9 Å². The summed E-state index contributed by atoms with van der Waals surface area (Å²) in [6.45, 7) is 2.68. The maximum atomic E-state index is 12.3. The first-order valence-electron chi connectivity index (χ1n) is 4.48. The van der Waals surface area contributed by atoms with Crippen molar-refractivity contribution in [2.75, 3.05) is 6.54 Å². The van der Waals surface area contributed by atoms with Crippen molar-refractivity contribution in [3.05, 3.63) is 0 Å². The molecule has 16 heavy (non-hydrogen) atoms. The molecule has 3 N–H and O–H groups in total. The fourth-order valence-electron chi connectivity index (χ4n) is 1.06. The van der Waals surface area contributed by atoms with Crippen LogP contribution in [-0.4, -0.2) is 42.1 Å². The Bertz CT molecular complexity index is 343. The van der Waals surface area contributed by atoms with Crippen LogP contribution in [-0.2, 0) is 10.0 Å². The average molecular weight is 259 g/mol. The highest BCUT2D eigenvalue weighted by atomic mass is 32.2. The molecule has 0 aliphatic carbocycles. The van der Waals surface area contributed by atoms with Crippen LogP contribution >= 0.6 is 0 Å². The maximum absolute atomic E-state index is 12.3. The standard InChI is InChI=1S/C7H15F2N3O3S/c1-5(2)12(4-3-6(10)11-13)16(14,15)7(8)9/h5,7,13H,3-4H2,1-2H3,(H2,10,11). The zero-order valence-electron chi connectivity index (χ0n) is 8.97. The summed E-state index contributed by atoms with van der Waals surface area (Å²) >= 11 is 0. The van der Waals surface area contributed by atoms with Gasteiger partial charge in [0.1, 0.15) is 5.84 Å². The zero-order chi connectivity index (χ0) is 12.9. The molecule has 0 saturated carbocycles. The Kier molecular flexibility index (Phi) is 5.59. The van der Waals surface area contributed by atoms with E-state index < -0.39 is 21.8 Å². The van der Waals surface area contributed by atoms with E-state index >= 15 is 0 Å². The lowest BCUT2D eigenvalue weighted by molar-refractivity contribution is 0.213. The number of nitrogens with two attached hydrogens (primary N) is 1. The number of rotatable bonds is 6. The molecular formula is C7H15F2N3O3S. The minimum absolute atomic E-state index is 0.110. The van der Waals surface area contributed by atoms with Crippen LogP contribution in [0.15, 0.2) is 5.16 Å². The van der Waals surface area contributed by atoms with Crippen molar-refractivity contribution in [3.63, 3.8) is 0 Å². The molecule has 0 aromatic heterocycles. The average Bonchev–Trinajstić information content (AvgIpc) is 2.16. The van der Waals surface area contributed by atoms with Crippen molar-refractivity contribution in [1.29, 1.82) is 0 Å². The Morgan fingerprint density at radius 1 is 1.50 bits per heavy atom. The number of alkyl halides is 2. The van der Waals surface area contributed by atoms with Crippen LogP contribution in [0.2, 0.25) is 0 Å². The summed E-state index contributed by atoms with van der Waals surface area (Å²) in [6, 6.07) is -0.620. The molecule has 0 spiro atoms. The molecule has 0 aliphatic heterocycles. The first kappa shape index (κ1) is 15.0. The fraction of sp³-hybridized carbons (Fsp3) is 0.857. The van der Waals surface area contributed by atoms with Crippen molar-refractivity contribution in [1.82, 2.24) is 4.31 Å². The highest BCUT2D eigenvalue weighted by molar-refractivity contribution is 7.89. The molecule has 0 aromatic rings. The van der Waals surface area contributed by atoms with E-state index in [0.29, 0.717) is 4.31 Å². The molecule has 0 atom stereocenters. The van der Waals surface area contributed by atoms with E-state index in [2.05, 4.69) is 5.16 Å². The lowest BCUT2D eigenvalue weighted by Gasteiger charge is -2.24. The minimum Gasteiger partial charge on any atom is -0.409 e. The van der Waals surface area contributed by atoms with Gasteiger partial charge in [-0.05, 0) is 13.8 Å². The molecule has 0 rings (SSSR count). The van der Waals surface area contributed by atoms with Crippen LogP contribution in [0.5, 0.6) is 0 Å². The summed E-state index contributed by atoms with van der Waals surface area (Å²) < 4.78 is 47.6. The Morgan fingerprint density at radius 2 is 2.00 bits per heavy atom. The summed E-state index contributed by atoms with van der Waals surface area (Å²) in [5.74, 6) is -3.68. The molecule has 0 fully saturated rings. The molecule has 9 heteroatoms. The van der Waals surface area contributed by atoms with Crippen LogP contribution in [0.1, 0.15) is 20.3 Å². The van der Waals surface area contributed by atoms with Gasteiger partial charge < -0.3 is 10.9 Å². The molecular weight excluding hydrogens is 244 g/mol. The van der Waals surface area contributed by atoms with Gasteiger partial charge in [-0.3, -0.25) is 0 Å². The van der Waals surface area contributed by atoms with Gasteiger partial charge in [-0.25, -0.2) is 8.42 Å². The smallest absolute Gasteiger partial charge is 0.350 e. The van der Waals surface area contributed by atoms with Crippen molar-refractivity contribution in [2.24, 2.45) is 10.9 Å². The van der Waals surface area contributed by atoms with Gasteiger partial charge in [0.05, 0.1) is 0 Å². The molecule has 0 heterocycles. The van der Waals surface area contributed by atoms with Gasteiger partial charge in [0.15, 0.2) is 0 Å². The normalized spacial score (nSPS) is 14.1. The summed E-state index contributed by atoms with van der Waals surface area (Å²) in [4.78, 5) is 0. The van der Waals surface area contributed by atoms with E-state index in [0.717, 1.165) is 0 Å². The predicted molar refractivity (Wildman–Crippen MR) is 54.8 cm³/mol. The number of sulfonamides is 1. The monoisotopic (exact) mass is 259 g/mol. The SMILES string of the molecule is CC(C)N(CCC(N)=NO)S(=O)(=O)C(F)F. The zero-order valence-corrected chi connectivity index (χ0v) is 9.79. The second-order valence-electron chi connectivity index (χ2n) is 3.35. The summed E-state index contributed by atoms with van der Waals surface area (Å²) in [7, 11) is -4.63. The third-order valence-corrected chi connectivity index (χ3v) is 3.55. The Hall–Kier alpha value is -0.960. The highest BCUT2D eigenvalue weighted by Gasteiger charge is 2.33. The Balaban J connectivity index is 4.78. The second-order valence-corrected chi connectivity index (χ2v) is 5.21. The maximum Gasteiger partial charge on any atom is 0.350 e. The Morgan fingerprint density at radius 3 is 2.31 bits per heavy atom. The van der Waals surface area contributed by atoms with Crippen LogP contribution in [0.25, 0.3) is 0 Å². The van der Waals surface area contributed by atoms with E-state index in [9.17, 15) is 17.2 Å². The molecule has 0 saturated heterocycles. The van der Waals surface area contributed by atoms with Gasteiger partial charge in [-0.1, -0.05) is 5.16 Å². The lowest BCUT2D eigenvalue weighted by Crippen LogP contribution is -2.42. The number of halogens is 2. The van der Waals surface area contributed by atoms with Gasteiger partial charge in [0.2, 0.25) is 0 Å². The lowest BCUT2D eigenvalue weighted by atomic mass is 10.3. The molecule has 0 amide bonds. The number of oxime groups is 1. The largest absolute Gasteiger partial charge is 0.409 e. The van der Waals surface area contributed by atoms with Gasteiger partial charge in [0, 0.05) is 19.0 Å². The summed E-state index contributed by atoms with van der Waals surface area (Å²) in [5.41, 5.74) is 5.13. The van der Waals surface area contributed by atoms with E-state index in [1.807, 2.05) is 0 Å². The minimum atomic E-state index is -4.63. The summed E-state index contributed by atoms with van der Waals surface area (Å²) in [6.07, 6.45) is -0.110. The van der Waals surface area contributed by atoms with Crippen LogP contribution in [0.3, 0.4) is 0 Å². The van der Waals surface area contributed by atoms with Gasteiger partial charge in [-0.2, -0.15) is 13.1 Å². The van der Waals surface area contributed by atoms with Gasteiger partial charge in [-0.15, -0.1) is 0 Å². The third kappa shape index (κ3) is 3.89. The van der Waals surface area contributed by atoms with Crippen LogP contribution < -0.4 is 5.73 Å². The number of hydrogen-bond donors (Lipinski definition) is 2. The van der Waals surface area contributed by atoms with E-state index in [-0.39, 0.29) is 18.8 Å². The van der Waals surface area contributed by atoms with Crippen molar-refractivity contribution < 1.29 is 22.4 Å². The second kappa shape index (κ2) is 5.94. The fourth-order valence-corrected chi connectivity index (χ4v) is 2.19. The van der Waals surface area contributed by atoms with Crippen molar-refractivity contribution >= 4 is 15.9 Å². The van der Waals surface area contributed by atoms with Gasteiger partial charge in [0.25, 0.3) is 10.0 Å². The predicted octanol–water partition coefficient (Wildman–Crippen LogP) is 0.386. The number of hydrogen-bond acceptors (Lipinski definition) is 4. The summed E-state index contributed by atoms with van der Waals surface area (Å²) in [5, 5.41) is 10.9. The third-order valence-electron chi connectivity index (χ3n) is 1.84. The van der Waals surface area contributed by atoms with Crippen molar-refractivity contribution in [3.8, 4) is 0 Å². The Labute approximate surface area is 92.8 Å². The first-order valence-corrected chi connectivity index (χ1v) is 5.99. The number of nitrogens with zero attached hydrogens (tertiary/aromatic N) is 2. The molecule has 0 bridgehead atoms. The van der Waals surface area contributed by atoms with Crippen molar-refractivity contribution in [2.45, 2.75) is 32.1 Å². The van der Waals surface area contributed by atoms with E-state index in [1.54, 1.807) is 0 Å². The van der Waals surface area contributed by atoms with Gasteiger partial charge >= 0.3 is 5.76 Å². The molecule has 6 nitrogen and oxygen atoms in total. The molecule has 0 unspecified atom stereocenters. The molecule has 0 radical (unpaired) electrons. The molecule has 0 aromatic carbocycles. The topological polar surface area (TPSA) is 96.0 Å². The van der Waals surface area contributed by atoms with E-state index in [1.165, 1.54) is 13.8 Å². The highest BCUT2D eigenvalue weighted by Crippen LogP contribution is 2.15. The molecule has 0 aliphatic rings. The number of amidine groups is 1. The van der Waals surface area contributed by atoms with Crippen LogP contribution in [0, 0.1) is 0 Å². The first-order chi connectivity index (χ1) is 7.23. The quantitative estimate of drug-likeness (QED) is 0.312. The van der Waals surface area contributed by atoms with Crippen LogP contribution in [0.4, 0.5) is 8.78 Å².